The molecule has 0 aliphatic heterocycles. The lowest BCUT2D eigenvalue weighted by Crippen LogP contribution is -1.95. The summed E-state index contributed by atoms with van der Waals surface area (Å²) in [5.41, 5.74) is 1.01. The summed E-state index contributed by atoms with van der Waals surface area (Å²) >= 11 is 10.1. The average Bonchev–Trinajstić information content (AvgIpc) is 3.06. The Hall–Kier alpha value is -1.23. The third kappa shape index (κ3) is 2.39. The molecule has 0 saturated carbocycles. The van der Waals surface area contributed by atoms with Crippen LogP contribution in [0.5, 0.6) is 11.5 Å². The molecule has 1 unspecified atom stereocenters. The summed E-state index contributed by atoms with van der Waals surface area (Å²) < 4.78 is 13.2. The van der Waals surface area contributed by atoms with E-state index >= 15 is 0 Å². The van der Waals surface area contributed by atoms with Crippen LogP contribution in [0.1, 0.15) is 15.8 Å². The van der Waals surface area contributed by atoms with E-state index in [-0.39, 0.29) is 5.38 Å². The zero-order chi connectivity index (χ0) is 14.1. The van der Waals surface area contributed by atoms with Crippen molar-refractivity contribution in [2.75, 3.05) is 14.2 Å². The molecule has 0 spiro atoms. The Morgan fingerprint density at radius 2 is 1.80 bits per heavy atom. The van der Waals surface area contributed by atoms with E-state index in [4.69, 9.17) is 21.1 Å². The summed E-state index contributed by atoms with van der Waals surface area (Å²) in [6.07, 6.45) is 0. The molecule has 0 fully saturated rings. The van der Waals surface area contributed by atoms with Crippen LogP contribution in [-0.2, 0) is 0 Å². The van der Waals surface area contributed by atoms with E-state index in [2.05, 4.69) is 17.5 Å². The van der Waals surface area contributed by atoms with Gasteiger partial charge in [-0.1, -0.05) is 6.07 Å². The van der Waals surface area contributed by atoms with Gasteiger partial charge in [0.15, 0.2) is 11.5 Å². The van der Waals surface area contributed by atoms with Crippen LogP contribution >= 0.6 is 34.3 Å². The van der Waals surface area contributed by atoms with Crippen molar-refractivity contribution in [3.63, 3.8) is 0 Å². The smallest absolute Gasteiger partial charge is 0.161 e. The number of methoxy groups -OCH3 is 2. The fraction of sp³-hybridized carbons (Fsp3) is 0.200. The van der Waals surface area contributed by atoms with Crippen LogP contribution in [0.2, 0.25) is 0 Å². The molecule has 0 aliphatic carbocycles. The molecule has 0 saturated heterocycles. The van der Waals surface area contributed by atoms with Crippen LogP contribution in [0.3, 0.4) is 0 Å². The predicted molar refractivity (Wildman–Crippen MR) is 86.9 cm³/mol. The van der Waals surface area contributed by atoms with E-state index < -0.39 is 0 Å². The van der Waals surface area contributed by atoms with E-state index in [0.717, 1.165) is 10.4 Å². The number of hydrogen-bond acceptors (Lipinski definition) is 4. The molecule has 20 heavy (non-hydrogen) atoms. The zero-order valence-electron chi connectivity index (χ0n) is 11.1. The summed E-state index contributed by atoms with van der Waals surface area (Å²) in [7, 11) is 3.26. The van der Waals surface area contributed by atoms with Crippen LogP contribution in [0.25, 0.3) is 9.40 Å². The maximum absolute atomic E-state index is 6.60. The fourth-order valence-electron chi connectivity index (χ4n) is 2.08. The van der Waals surface area contributed by atoms with Gasteiger partial charge < -0.3 is 9.47 Å². The van der Waals surface area contributed by atoms with Crippen LogP contribution in [-0.4, -0.2) is 14.2 Å². The molecule has 3 aromatic rings. The Bertz CT molecular complexity index is 704. The molecular weight excluding hydrogens is 312 g/mol. The quantitative estimate of drug-likeness (QED) is 0.606. The summed E-state index contributed by atoms with van der Waals surface area (Å²) in [5.74, 6) is 1.42. The molecule has 0 amide bonds. The van der Waals surface area contributed by atoms with Crippen LogP contribution in [0, 0.1) is 0 Å². The van der Waals surface area contributed by atoms with Gasteiger partial charge >= 0.3 is 0 Å². The van der Waals surface area contributed by atoms with E-state index in [1.165, 1.54) is 9.40 Å². The highest BCUT2D eigenvalue weighted by molar-refractivity contribution is 7.27. The number of rotatable bonds is 4. The SMILES string of the molecule is COc1ccc(C(Cl)c2cc3sccc3s2)cc1OC. The second-order valence-corrected chi connectivity index (χ2v) is 6.77. The Morgan fingerprint density at radius 1 is 1.00 bits per heavy atom. The van der Waals surface area contributed by atoms with Crippen molar-refractivity contribution >= 4 is 43.7 Å². The third-order valence-corrected chi connectivity index (χ3v) is 5.88. The minimum absolute atomic E-state index is 0.167. The Kier molecular flexibility index (Phi) is 3.87. The molecule has 2 heterocycles. The number of thiophene rings is 2. The number of fused-ring (bicyclic) bond motifs is 1. The highest BCUT2D eigenvalue weighted by Crippen LogP contribution is 2.41. The van der Waals surface area contributed by atoms with Gasteiger partial charge in [0, 0.05) is 14.3 Å². The van der Waals surface area contributed by atoms with Gasteiger partial charge in [0.1, 0.15) is 0 Å². The molecule has 0 aliphatic rings. The Labute approximate surface area is 130 Å². The Morgan fingerprint density at radius 3 is 2.50 bits per heavy atom. The molecule has 0 bridgehead atoms. The molecule has 0 radical (unpaired) electrons. The number of halogens is 1. The maximum atomic E-state index is 6.60. The first kappa shape index (κ1) is 13.7. The van der Waals surface area contributed by atoms with E-state index in [1.54, 1.807) is 36.9 Å². The summed E-state index contributed by atoms with van der Waals surface area (Å²) in [6, 6.07) is 10.1. The van der Waals surface area contributed by atoms with E-state index in [1.807, 2.05) is 18.2 Å². The zero-order valence-corrected chi connectivity index (χ0v) is 13.4. The number of hydrogen-bond donors (Lipinski definition) is 0. The monoisotopic (exact) mass is 324 g/mol. The molecule has 1 aromatic carbocycles. The number of ether oxygens (including phenoxy) is 2. The minimum atomic E-state index is -0.167. The standard InChI is InChI=1S/C15H13ClO2S2/c1-17-10-4-3-9(7-11(10)18-2)15(16)14-8-13-12(20-14)5-6-19-13/h3-8,15H,1-2H3. The minimum Gasteiger partial charge on any atom is -0.493 e. The molecule has 3 rings (SSSR count). The van der Waals surface area contributed by atoms with Gasteiger partial charge in [0.2, 0.25) is 0 Å². The number of alkyl halides is 1. The lowest BCUT2D eigenvalue weighted by Gasteiger charge is -2.12. The van der Waals surface area contributed by atoms with Crippen molar-refractivity contribution in [1.29, 1.82) is 0 Å². The van der Waals surface area contributed by atoms with Crippen molar-refractivity contribution in [2.45, 2.75) is 5.38 Å². The normalized spacial score (nSPS) is 12.6. The van der Waals surface area contributed by atoms with Crippen LogP contribution in [0.15, 0.2) is 35.7 Å². The van der Waals surface area contributed by atoms with E-state index in [0.29, 0.717) is 11.5 Å². The summed E-state index contributed by atoms with van der Waals surface area (Å²) in [4.78, 5) is 1.15. The van der Waals surface area contributed by atoms with Crippen molar-refractivity contribution < 1.29 is 9.47 Å². The third-order valence-electron chi connectivity index (χ3n) is 3.11. The second-order valence-electron chi connectivity index (χ2n) is 4.27. The molecule has 2 nitrogen and oxygen atoms in total. The van der Waals surface area contributed by atoms with Gasteiger partial charge in [-0.15, -0.1) is 34.3 Å². The van der Waals surface area contributed by atoms with Gasteiger partial charge in [-0.3, -0.25) is 0 Å². The van der Waals surface area contributed by atoms with Crippen molar-refractivity contribution in [3.05, 3.63) is 46.2 Å². The number of benzene rings is 1. The molecular formula is C15H13ClO2S2. The summed E-state index contributed by atoms with van der Waals surface area (Å²) in [6.45, 7) is 0. The second kappa shape index (κ2) is 5.64. The van der Waals surface area contributed by atoms with Crippen molar-refractivity contribution in [3.8, 4) is 11.5 Å². The molecule has 1 atom stereocenters. The van der Waals surface area contributed by atoms with Crippen LogP contribution < -0.4 is 9.47 Å². The predicted octanol–water partition coefficient (Wildman–Crippen LogP) is 5.31. The molecule has 0 N–H and O–H groups in total. The lowest BCUT2D eigenvalue weighted by molar-refractivity contribution is 0.354. The topological polar surface area (TPSA) is 18.5 Å². The average molecular weight is 325 g/mol. The van der Waals surface area contributed by atoms with Gasteiger partial charge in [0.05, 0.1) is 19.6 Å². The highest BCUT2D eigenvalue weighted by Gasteiger charge is 2.16. The van der Waals surface area contributed by atoms with Gasteiger partial charge in [-0.25, -0.2) is 0 Å². The highest BCUT2D eigenvalue weighted by atomic mass is 35.5. The molecule has 2 aromatic heterocycles. The van der Waals surface area contributed by atoms with Crippen molar-refractivity contribution in [2.24, 2.45) is 0 Å². The van der Waals surface area contributed by atoms with Crippen LogP contribution in [0.4, 0.5) is 0 Å². The van der Waals surface area contributed by atoms with E-state index in [9.17, 15) is 0 Å². The molecule has 104 valence electrons. The van der Waals surface area contributed by atoms with Gasteiger partial charge in [-0.2, -0.15) is 0 Å². The maximum Gasteiger partial charge on any atom is 0.161 e. The first-order valence-corrected chi connectivity index (χ1v) is 8.19. The fourth-order valence-corrected chi connectivity index (χ4v) is 4.54. The van der Waals surface area contributed by atoms with Gasteiger partial charge in [0.25, 0.3) is 0 Å². The van der Waals surface area contributed by atoms with Crippen molar-refractivity contribution in [1.82, 2.24) is 0 Å². The first-order valence-electron chi connectivity index (χ1n) is 6.06. The summed E-state index contributed by atoms with van der Waals surface area (Å²) in [5, 5.41) is 1.93. The largest absolute Gasteiger partial charge is 0.493 e. The first-order chi connectivity index (χ1) is 9.72. The molecule has 5 heteroatoms. The Balaban J connectivity index is 1.97. The van der Waals surface area contributed by atoms with Gasteiger partial charge in [-0.05, 0) is 35.2 Å². The lowest BCUT2D eigenvalue weighted by atomic mass is 10.1.